The number of carbonyl (C=O) groups excluding carboxylic acids is 2. The van der Waals surface area contributed by atoms with Crippen molar-refractivity contribution in [1.29, 1.82) is 0 Å². The smallest absolute Gasteiger partial charge is 0.466 e. The molecule has 2 unspecified atom stereocenters. The second-order valence-corrected chi connectivity index (χ2v) is 8.71. The van der Waals surface area contributed by atoms with Crippen molar-refractivity contribution in [2.75, 3.05) is 33.3 Å². The van der Waals surface area contributed by atoms with Crippen LogP contribution in [0.1, 0.15) is 25.7 Å². The minimum atomic E-state index is -4.77. The molecule has 2 rings (SSSR count). The number of nitrogens with one attached hydrogen (secondary N) is 2. The molecule has 0 spiro atoms. The second-order valence-electron chi connectivity index (χ2n) is 7.41. The molecule has 0 radical (unpaired) electrons. The Morgan fingerprint density at radius 3 is 2.50 bits per heavy atom. The monoisotopic (exact) mass is 479 g/mol. The van der Waals surface area contributed by atoms with Gasteiger partial charge in [0.1, 0.15) is 23.3 Å². The first-order valence-electron chi connectivity index (χ1n) is 10.2. The van der Waals surface area contributed by atoms with Gasteiger partial charge in [0.05, 0.1) is 4.90 Å². The van der Waals surface area contributed by atoms with Crippen molar-refractivity contribution in [3.8, 4) is 5.75 Å². The van der Waals surface area contributed by atoms with Crippen molar-refractivity contribution in [2.45, 2.75) is 43.0 Å². The maximum absolute atomic E-state index is 12.4. The molecule has 1 aromatic rings. The standard InChI is InChI=1S/C20H28F3N3O5S/c1-24-16(13-30-14-27)2-7-19(28)26-10-8-15(9-11-26)12-25-32(29)18-5-3-17(4-6-18)31-20(21,22)23/h3-6,14-16,24-25H,2,7-13H2,1H3. The third-order valence-corrected chi connectivity index (χ3v) is 6.35. The summed E-state index contributed by atoms with van der Waals surface area (Å²) in [6, 6.07) is 4.82. The molecule has 8 nitrogen and oxygen atoms in total. The van der Waals surface area contributed by atoms with E-state index < -0.39 is 17.3 Å². The fourth-order valence-corrected chi connectivity index (χ4v) is 4.29. The van der Waals surface area contributed by atoms with E-state index in [1.807, 2.05) is 0 Å². The van der Waals surface area contributed by atoms with Gasteiger partial charge in [-0.2, -0.15) is 0 Å². The van der Waals surface area contributed by atoms with Crippen LogP contribution in [0.5, 0.6) is 5.75 Å². The first-order chi connectivity index (χ1) is 15.2. The number of likely N-dealkylation sites (tertiary alicyclic amines) is 1. The third-order valence-electron chi connectivity index (χ3n) is 5.22. The summed E-state index contributed by atoms with van der Waals surface area (Å²) < 4.78 is 60.4. The van der Waals surface area contributed by atoms with Gasteiger partial charge < -0.3 is 19.7 Å². The highest BCUT2D eigenvalue weighted by molar-refractivity contribution is 7.83. The van der Waals surface area contributed by atoms with E-state index >= 15 is 0 Å². The second kappa shape index (κ2) is 12.8. The van der Waals surface area contributed by atoms with Crippen LogP contribution in [0.4, 0.5) is 13.2 Å². The molecule has 1 saturated heterocycles. The van der Waals surface area contributed by atoms with Gasteiger partial charge >= 0.3 is 6.36 Å². The highest BCUT2D eigenvalue weighted by Gasteiger charge is 2.31. The predicted octanol–water partition coefficient (Wildman–Crippen LogP) is 1.98. The summed E-state index contributed by atoms with van der Waals surface area (Å²) >= 11 is 0. The van der Waals surface area contributed by atoms with Gasteiger partial charge in [0.15, 0.2) is 0 Å². The fourth-order valence-electron chi connectivity index (χ4n) is 3.35. The molecule has 1 amide bonds. The number of carbonyl (C=O) groups is 2. The van der Waals surface area contributed by atoms with Gasteiger partial charge in [0, 0.05) is 32.1 Å². The number of nitrogens with zero attached hydrogens (tertiary/aromatic N) is 1. The number of alkyl halides is 3. The minimum absolute atomic E-state index is 0.0486. The summed E-state index contributed by atoms with van der Waals surface area (Å²) in [5, 5.41) is 3.01. The average Bonchev–Trinajstić information content (AvgIpc) is 2.77. The summed E-state index contributed by atoms with van der Waals surface area (Å²) in [5.74, 6) is -0.0815. The number of piperidine rings is 1. The highest BCUT2D eigenvalue weighted by Crippen LogP contribution is 2.23. The summed E-state index contributed by atoms with van der Waals surface area (Å²) in [7, 11) is 0.189. The summed E-state index contributed by atoms with van der Waals surface area (Å²) in [4.78, 5) is 24.8. The highest BCUT2D eigenvalue weighted by atomic mass is 32.2. The molecule has 0 aliphatic carbocycles. The Labute approximate surface area is 187 Å². The Bertz CT molecular complexity index is 756. The molecule has 1 aliphatic heterocycles. The van der Waals surface area contributed by atoms with E-state index in [-0.39, 0.29) is 30.2 Å². The van der Waals surface area contributed by atoms with E-state index in [2.05, 4.69) is 14.8 Å². The molecule has 0 saturated carbocycles. The molecular weight excluding hydrogens is 451 g/mol. The van der Waals surface area contributed by atoms with Crippen molar-refractivity contribution in [3.63, 3.8) is 0 Å². The Morgan fingerprint density at radius 1 is 1.28 bits per heavy atom. The third kappa shape index (κ3) is 9.13. The Kier molecular flexibility index (Phi) is 10.4. The van der Waals surface area contributed by atoms with Gasteiger partial charge in [0.25, 0.3) is 6.47 Å². The van der Waals surface area contributed by atoms with Crippen LogP contribution in [0.15, 0.2) is 29.2 Å². The van der Waals surface area contributed by atoms with E-state index in [1.165, 1.54) is 12.1 Å². The lowest BCUT2D eigenvalue weighted by Crippen LogP contribution is -2.41. The van der Waals surface area contributed by atoms with Crippen molar-refractivity contribution >= 4 is 23.4 Å². The summed E-state index contributed by atoms with van der Waals surface area (Å²) in [6.45, 7) is 2.29. The van der Waals surface area contributed by atoms with Crippen LogP contribution in [0.25, 0.3) is 0 Å². The zero-order valence-corrected chi connectivity index (χ0v) is 18.5. The van der Waals surface area contributed by atoms with E-state index in [4.69, 9.17) is 4.74 Å². The lowest BCUT2D eigenvalue weighted by molar-refractivity contribution is -0.274. The Balaban J connectivity index is 1.70. The fraction of sp³-hybridized carbons (Fsp3) is 0.600. The van der Waals surface area contributed by atoms with Crippen molar-refractivity contribution < 1.29 is 36.4 Å². The minimum Gasteiger partial charge on any atom is -0.466 e. The molecule has 32 heavy (non-hydrogen) atoms. The van der Waals surface area contributed by atoms with Crippen molar-refractivity contribution in [1.82, 2.24) is 14.9 Å². The van der Waals surface area contributed by atoms with Crippen LogP contribution in [0.2, 0.25) is 0 Å². The van der Waals surface area contributed by atoms with Gasteiger partial charge in [-0.25, -0.2) is 8.93 Å². The number of benzene rings is 1. The number of ether oxygens (including phenoxy) is 2. The SMILES string of the molecule is CNC(CCC(=O)N1CCC(CNS(=O)c2ccc(OC(F)(F)F)cc2)CC1)COC=O. The van der Waals surface area contributed by atoms with E-state index in [0.717, 1.165) is 25.0 Å². The first kappa shape index (κ1) is 26.1. The number of hydrogen-bond acceptors (Lipinski definition) is 6. The quantitative estimate of drug-likeness (QED) is 0.445. The average molecular weight is 480 g/mol. The summed E-state index contributed by atoms with van der Waals surface area (Å²) in [6.07, 6.45) is -2.32. The van der Waals surface area contributed by atoms with E-state index in [9.17, 15) is 27.0 Å². The molecule has 1 heterocycles. The molecular formula is C20H28F3N3O5S. The van der Waals surface area contributed by atoms with Gasteiger partial charge in [-0.15, -0.1) is 13.2 Å². The number of hydrogen-bond donors (Lipinski definition) is 2. The van der Waals surface area contributed by atoms with Crippen LogP contribution < -0.4 is 14.8 Å². The molecule has 0 aromatic heterocycles. The van der Waals surface area contributed by atoms with E-state index in [1.54, 1.807) is 11.9 Å². The molecule has 2 atom stereocenters. The predicted molar refractivity (Wildman–Crippen MR) is 111 cm³/mol. The lowest BCUT2D eigenvalue weighted by atomic mass is 9.97. The maximum atomic E-state index is 12.4. The topological polar surface area (TPSA) is 97.0 Å². The van der Waals surface area contributed by atoms with Crippen LogP contribution in [0.3, 0.4) is 0 Å². The number of halogens is 3. The number of amides is 1. The van der Waals surface area contributed by atoms with Crippen LogP contribution in [-0.4, -0.2) is 67.2 Å². The van der Waals surface area contributed by atoms with E-state index in [0.29, 0.717) is 43.8 Å². The molecule has 1 fully saturated rings. The van der Waals surface area contributed by atoms with Gasteiger partial charge in [0.2, 0.25) is 5.91 Å². The maximum Gasteiger partial charge on any atom is 0.573 e. The Morgan fingerprint density at radius 2 is 1.94 bits per heavy atom. The van der Waals surface area contributed by atoms with Crippen LogP contribution >= 0.6 is 0 Å². The zero-order chi connectivity index (χ0) is 23.6. The summed E-state index contributed by atoms with van der Waals surface area (Å²) in [5.41, 5.74) is 0. The largest absolute Gasteiger partial charge is 0.573 e. The molecule has 12 heteroatoms. The lowest BCUT2D eigenvalue weighted by Gasteiger charge is -2.32. The van der Waals surface area contributed by atoms with Gasteiger partial charge in [-0.05, 0) is 56.5 Å². The molecule has 180 valence electrons. The van der Waals surface area contributed by atoms with Crippen molar-refractivity contribution in [3.05, 3.63) is 24.3 Å². The Hall–Kier alpha value is -2.18. The molecule has 1 aromatic carbocycles. The van der Waals surface area contributed by atoms with Gasteiger partial charge in [-0.1, -0.05) is 0 Å². The molecule has 2 N–H and O–H groups in total. The number of rotatable bonds is 12. The van der Waals surface area contributed by atoms with Gasteiger partial charge in [-0.3, -0.25) is 9.59 Å². The zero-order valence-electron chi connectivity index (χ0n) is 17.7. The first-order valence-corrected chi connectivity index (χ1v) is 11.4. The van der Waals surface area contributed by atoms with Crippen LogP contribution in [0, 0.1) is 5.92 Å². The normalized spacial score (nSPS) is 16.9. The van der Waals surface area contributed by atoms with Crippen molar-refractivity contribution in [2.24, 2.45) is 5.92 Å². The molecule has 0 bridgehead atoms. The van der Waals surface area contributed by atoms with Crippen LogP contribution in [-0.2, 0) is 25.3 Å². The number of likely N-dealkylation sites (N-methyl/N-ethyl adjacent to an activating group) is 1. The molecule has 1 aliphatic rings.